The lowest BCUT2D eigenvalue weighted by molar-refractivity contribution is 0.420. The van der Waals surface area contributed by atoms with Crippen LogP contribution in [0.1, 0.15) is 23.9 Å². The van der Waals surface area contributed by atoms with Gasteiger partial charge in [0.15, 0.2) is 11.5 Å². The van der Waals surface area contributed by atoms with E-state index in [4.69, 9.17) is 4.98 Å². The third-order valence-corrected chi connectivity index (χ3v) is 6.51. The van der Waals surface area contributed by atoms with Gasteiger partial charge in [0.2, 0.25) is 0 Å². The van der Waals surface area contributed by atoms with Crippen molar-refractivity contribution in [1.82, 2.24) is 19.4 Å². The predicted octanol–water partition coefficient (Wildman–Crippen LogP) is 5.38. The maximum atomic E-state index is 10.8. The number of allylic oxidation sites excluding steroid dienone is 1. The van der Waals surface area contributed by atoms with Crippen molar-refractivity contribution in [3.63, 3.8) is 0 Å². The fraction of sp³-hybridized carbons (Fsp3) is 0.120. The molecule has 0 aliphatic rings. The molecule has 0 radical (unpaired) electrons. The van der Waals surface area contributed by atoms with Crippen LogP contribution in [0.15, 0.2) is 65.4 Å². The monoisotopic (exact) mass is 450 g/mol. The molecule has 0 unspecified atom stereocenters. The van der Waals surface area contributed by atoms with E-state index in [2.05, 4.69) is 22.1 Å². The minimum atomic E-state index is -0.0680. The number of nitrogens with zero attached hydrogens (tertiary/aromatic N) is 5. The van der Waals surface area contributed by atoms with Crippen LogP contribution in [0.3, 0.4) is 0 Å². The van der Waals surface area contributed by atoms with Crippen molar-refractivity contribution < 1.29 is 5.11 Å². The van der Waals surface area contributed by atoms with Crippen LogP contribution in [0.25, 0.3) is 33.3 Å². The van der Waals surface area contributed by atoms with Gasteiger partial charge in [-0.1, -0.05) is 43.0 Å². The number of pyridine rings is 1. The summed E-state index contributed by atoms with van der Waals surface area (Å²) in [6.45, 7) is 2.00. The van der Waals surface area contributed by atoms with Gasteiger partial charge in [-0.2, -0.15) is 10.5 Å². The average Bonchev–Trinajstić information content (AvgIpc) is 3.44. The Balaban J connectivity index is 1.59. The third-order valence-electron chi connectivity index (χ3n) is 5.50. The highest BCUT2D eigenvalue weighted by molar-refractivity contribution is 7.99. The van der Waals surface area contributed by atoms with E-state index in [0.29, 0.717) is 23.5 Å². The van der Waals surface area contributed by atoms with E-state index in [0.717, 1.165) is 32.7 Å². The quantitative estimate of drug-likeness (QED) is 0.211. The van der Waals surface area contributed by atoms with Crippen molar-refractivity contribution in [3.8, 4) is 12.1 Å². The summed E-state index contributed by atoms with van der Waals surface area (Å²) >= 11 is 1.38. The fourth-order valence-electron chi connectivity index (χ4n) is 3.89. The van der Waals surface area contributed by atoms with Crippen LogP contribution >= 0.6 is 11.8 Å². The van der Waals surface area contributed by atoms with Gasteiger partial charge in [0.05, 0.1) is 38.4 Å². The number of hydrogen-bond acceptors (Lipinski definition) is 6. The number of aliphatic hydroxyl groups excluding tert-OH is 1. The zero-order chi connectivity index (χ0) is 22.9. The molecule has 160 valence electrons. The van der Waals surface area contributed by atoms with Crippen molar-refractivity contribution in [2.75, 3.05) is 5.75 Å². The lowest BCUT2D eigenvalue weighted by Gasteiger charge is -2.11. The Labute approximate surface area is 193 Å². The van der Waals surface area contributed by atoms with Crippen molar-refractivity contribution in [2.45, 2.75) is 18.4 Å². The molecule has 0 saturated heterocycles. The van der Waals surface area contributed by atoms with Crippen molar-refractivity contribution in [1.29, 1.82) is 10.5 Å². The van der Waals surface area contributed by atoms with Gasteiger partial charge in [0, 0.05) is 0 Å². The van der Waals surface area contributed by atoms with Gasteiger partial charge in [-0.3, -0.25) is 4.40 Å². The first kappa shape index (κ1) is 20.6. The molecule has 0 aliphatic heterocycles. The van der Waals surface area contributed by atoms with E-state index in [9.17, 15) is 15.6 Å². The number of aromatic amines is 1. The Kier molecular flexibility index (Phi) is 5.21. The number of rotatable bonds is 5. The number of nitriles is 2. The first-order chi connectivity index (χ1) is 16.1. The molecule has 0 spiro atoms. The van der Waals surface area contributed by atoms with Gasteiger partial charge >= 0.3 is 0 Å². The molecule has 5 aromatic rings. The summed E-state index contributed by atoms with van der Waals surface area (Å²) in [4.78, 5) is 12.2. The van der Waals surface area contributed by atoms with E-state index in [-0.39, 0.29) is 17.1 Å². The summed E-state index contributed by atoms with van der Waals surface area (Å²) in [5.41, 5.74) is 5.36. The number of fused-ring (bicyclic) bond motifs is 4. The Morgan fingerprint density at radius 3 is 2.58 bits per heavy atom. The van der Waals surface area contributed by atoms with Gasteiger partial charge in [0.25, 0.3) is 0 Å². The number of para-hydroxylation sites is 4. The largest absolute Gasteiger partial charge is 0.510 e. The zero-order valence-corrected chi connectivity index (χ0v) is 18.5. The molecule has 8 heteroatoms. The molecule has 0 amide bonds. The summed E-state index contributed by atoms with van der Waals surface area (Å²) < 4.78 is 1.94. The van der Waals surface area contributed by atoms with E-state index in [1.807, 2.05) is 65.9 Å². The molecule has 0 aliphatic carbocycles. The highest BCUT2D eigenvalue weighted by Crippen LogP contribution is 2.31. The van der Waals surface area contributed by atoms with E-state index >= 15 is 0 Å². The molecule has 3 heterocycles. The summed E-state index contributed by atoms with van der Waals surface area (Å²) in [6.07, 6.45) is 0.681. The molecule has 0 atom stereocenters. The topological polar surface area (TPSA) is 114 Å². The van der Waals surface area contributed by atoms with Crippen LogP contribution < -0.4 is 0 Å². The number of nitrogens with one attached hydrogen (secondary N) is 1. The van der Waals surface area contributed by atoms with Gasteiger partial charge in [-0.25, -0.2) is 9.97 Å². The summed E-state index contributed by atoms with van der Waals surface area (Å²) in [7, 11) is 0. The molecule has 2 N–H and O–H groups in total. The highest BCUT2D eigenvalue weighted by atomic mass is 32.2. The molecule has 33 heavy (non-hydrogen) atoms. The van der Waals surface area contributed by atoms with Crippen LogP contribution in [0, 0.1) is 22.7 Å². The molecule has 2 aromatic carbocycles. The van der Waals surface area contributed by atoms with E-state index in [1.54, 1.807) is 0 Å². The van der Waals surface area contributed by atoms with Gasteiger partial charge in [-0.15, -0.1) is 0 Å². The molecule has 0 fully saturated rings. The lowest BCUT2D eigenvalue weighted by atomic mass is 10.1. The molecular weight excluding hydrogens is 432 g/mol. The number of H-pyrrole nitrogens is 1. The second-order valence-electron chi connectivity index (χ2n) is 7.43. The second kappa shape index (κ2) is 8.34. The van der Waals surface area contributed by atoms with Gasteiger partial charge in [0.1, 0.15) is 23.5 Å². The summed E-state index contributed by atoms with van der Waals surface area (Å²) in [5.74, 6) is 0.432. The Bertz CT molecular complexity index is 1610. The molecule has 7 nitrogen and oxygen atoms in total. The SMILES string of the molecule is CCc1cc(SC/C(O)=C(/C#N)c2nc3ccccc3[nH]2)n2c(nc3ccccc32)c1C#N. The lowest BCUT2D eigenvalue weighted by Crippen LogP contribution is -2.01. The number of hydrogen-bond donors (Lipinski definition) is 2. The molecule has 0 saturated carbocycles. The number of benzene rings is 2. The number of aryl methyl sites for hydroxylation is 1. The van der Waals surface area contributed by atoms with E-state index < -0.39 is 0 Å². The van der Waals surface area contributed by atoms with Crippen LogP contribution in [-0.2, 0) is 6.42 Å². The van der Waals surface area contributed by atoms with Crippen molar-refractivity contribution in [3.05, 3.63) is 77.3 Å². The zero-order valence-electron chi connectivity index (χ0n) is 17.7. The molecule has 3 aromatic heterocycles. The molecule has 5 rings (SSSR count). The third kappa shape index (κ3) is 3.47. The van der Waals surface area contributed by atoms with Gasteiger partial charge < -0.3 is 10.1 Å². The van der Waals surface area contributed by atoms with Crippen LogP contribution in [-0.4, -0.2) is 30.2 Å². The Morgan fingerprint density at radius 2 is 1.85 bits per heavy atom. The average molecular weight is 451 g/mol. The van der Waals surface area contributed by atoms with Gasteiger partial charge in [-0.05, 0) is 42.3 Å². The first-order valence-electron chi connectivity index (χ1n) is 10.4. The first-order valence-corrected chi connectivity index (χ1v) is 11.4. The Morgan fingerprint density at radius 1 is 1.09 bits per heavy atom. The maximum absolute atomic E-state index is 10.8. The highest BCUT2D eigenvalue weighted by Gasteiger charge is 2.18. The number of aliphatic hydroxyl groups is 1. The summed E-state index contributed by atoms with van der Waals surface area (Å²) in [5, 5.41) is 31.1. The number of aromatic nitrogens is 4. The minimum Gasteiger partial charge on any atom is -0.510 e. The van der Waals surface area contributed by atoms with Crippen molar-refractivity contribution >= 4 is 45.0 Å². The fourth-order valence-corrected chi connectivity index (χ4v) is 4.86. The number of thioether (sulfide) groups is 1. The predicted molar refractivity (Wildman–Crippen MR) is 129 cm³/mol. The Hall–Kier alpha value is -4.27. The minimum absolute atomic E-state index is 0.0680. The maximum Gasteiger partial charge on any atom is 0.157 e. The summed E-state index contributed by atoms with van der Waals surface area (Å²) in [6, 6.07) is 21.5. The second-order valence-corrected chi connectivity index (χ2v) is 8.43. The molecule has 0 bridgehead atoms. The van der Waals surface area contributed by atoms with Crippen molar-refractivity contribution in [2.24, 2.45) is 0 Å². The normalized spacial score (nSPS) is 12.1. The molecular formula is C25H18N6OS. The standard InChI is InChI=1S/C25H18N6OS/c1-2-15-11-23(31-21-10-6-5-9-20(21)30-25(31)16(15)12-26)33-14-22(32)17(13-27)24-28-18-7-3-4-8-19(18)29-24/h3-11,32H,2,14H2,1H3,(H,28,29)/b22-17+. The van der Waals surface area contributed by atoms with Crippen LogP contribution in [0.4, 0.5) is 0 Å². The number of imidazole rings is 2. The van der Waals surface area contributed by atoms with Crippen LogP contribution in [0.5, 0.6) is 0 Å². The smallest absolute Gasteiger partial charge is 0.157 e. The van der Waals surface area contributed by atoms with Crippen LogP contribution in [0.2, 0.25) is 0 Å². The van der Waals surface area contributed by atoms with E-state index in [1.165, 1.54) is 11.8 Å².